The standard InChI is InChI=1S/C12H24N2O3/c1-6-9(3)13-8-10(15)14(7-2)12(4,5)11(16)17/h9,13H,6-8H2,1-5H3,(H,16,17). The highest BCUT2D eigenvalue weighted by atomic mass is 16.4. The number of hydrogen-bond donors (Lipinski definition) is 2. The number of carboxylic acid groups (broad SMARTS) is 1. The van der Waals surface area contributed by atoms with E-state index in [4.69, 9.17) is 5.11 Å². The maximum absolute atomic E-state index is 11.9. The zero-order chi connectivity index (χ0) is 13.6. The van der Waals surface area contributed by atoms with E-state index in [0.29, 0.717) is 6.54 Å². The van der Waals surface area contributed by atoms with Crippen molar-refractivity contribution >= 4 is 11.9 Å². The first-order valence-corrected chi connectivity index (χ1v) is 6.04. The highest BCUT2D eigenvalue weighted by Crippen LogP contribution is 2.14. The van der Waals surface area contributed by atoms with E-state index in [9.17, 15) is 9.59 Å². The van der Waals surface area contributed by atoms with Gasteiger partial charge in [0.25, 0.3) is 0 Å². The van der Waals surface area contributed by atoms with Gasteiger partial charge in [0.1, 0.15) is 5.54 Å². The molecular formula is C12H24N2O3. The topological polar surface area (TPSA) is 69.6 Å². The first-order chi connectivity index (χ1) is 7.77. The maximum Gasteiger partial charge on any atom is 0.329 e. The second-order valence-electron chi connectivity index (χ2n) is 4.69. The number of nitrogens with one attached hydrogen (secondary N) is 1. The van der Waals surface area contributed by atoms with Gasteiger partial charge in [-0.2, -0.15) is 0 Å². The van der Waals surface area contributed by atoms with Crippen molar-refractivity contribution in [2.75, 3.05) is 13.1 Å². The van der Waals surface area contributed by atoms with Crippen molar-refractivity contribution < 1.29 is 14.7 Å². The molecule has 0 aromatic heterocycles. The van der Waals surface area contributed by atoms with Crippen molar-refractivity contribution in [1.82, 2.24) is 10.2 Å². The summed E-state index contributed by atoms with van der Waals surface area (Å²) in [6.07, 6.45) is 0.932. The van der Waals surface area contributed by atoms with Crippen molar-refractivity contribution in [1.29, 1.82) is 0 Å². The third-order valence-electron chi connectivity index (χ3n) is 3.03. The monoisotopic (exact) mass is 244 g/mol. The van der Waals surface area contributed by atoms with E-state index in [-0.39, 0.29) is 18.5 Å². The molecule has 2 N–H and O–H groups in total. The number of aliphatic carboxylic acids is 1. The highest BCUT2D eigenvalue weighted by molar-refractivity contribution is 5.87. The fourth-order valence-electron chi connectivity index (χ4n) is 1.50. The van der Waals surface area contributed by atoms with E-state index < -0.39 is 11.5 Å². The molecule has 0 radical (unpaired) electrons. The summed E-state index contributed by atoms with van der Waals surface area (Å²) in [4.78, 5) is 24.4. The summed E-state index contributed by atoms with van der Waals surface area (Å²) in [7, 11) is 0. The molecular weight excluding hydrogens is 220 g/mol. The molecule has 0 bridgehead atoms. The second kappa shape index (κ2) is 6.59. The Morgan fingerprint density at radius 2 is 1.88 bits per heavy atom. The van der Waals surface area contributed by atoms with E-state index >= 15 is 0 Å². The van der Waals surface area contributed by atoms with E-state index in [2.05, 4.69) is 5.32 Å². The third kappa shape index (κ3) is 4.34. The molecule has 0 spiro atoms. The Labute approximate surface area is 103 Å². The van der Waals surface area contributed by atoms with Crippen molar-refractivity contribution in [3.05, 3.63) is 0 Å². The normalized spacial score (nSPS) is 13.2. The van der Waals surface area contributed by atoms with E-state index in [1.165, 1.54) is 4.90 Å². The van der Waals surface area contributed by atoms with Crippen LogP contribution in [-0.4, -0.2) is 46.6 Å². The second-order valence-corrected chi connectivity index (χ2v) is 4.69. The van der Waals surface area contributed by atoms with E-state index in [1.807, 2.05) is 13.8 Å². The van der Waals surface area contributed by atoms with Gasteiger partial charge in [-0.1, -0.05) is 6.92 Å². The lowest BCUT2D eigenvalue weighted by atomic mass is 10.0. The number of rotatable bonds is 7. The molecule has 17 heavy (non-hydrogen) atoms. The molecule has 0 rings (SSSR count). The lowest BCUT2D eigenvalue weighted by Gasteiger charge is -2.34. The van der Waals surface area contributed by atoms with Crippen LogP contribution in [0.3, 0.4) is 0 Å². The van der Waals surface area contributed by atoms with E-state index in [1.54, 1.807) is 20.8 Å². The minimum atomic E-state index is -1.16. The number of carbonyl (C=O) groups is 2. The number of likely N-dealkylation sites (N-methyl/N-ethyl adjacent to an activating group) is 1. The van der Waals surface area contributed by atoms with E-state index in [0.717, 1.165) is 6.42 Å². The minimum absolute atomic E-state index is 0.180. The molecule has 0 aromatic rings. The molecule has 0 aliphatic rings. The van der Waals surface area contributed by atoms with Crippen LogP contribution >= 0.6 is 0 Å². The van der Waals surface area contributed by atoms with Crippen LogP contribution in [0.25, 0.3) is 0 Å². The quantitative estimate of drug-likeness (QED) is 0.703. The van der Waals surface area contributed by atoms with Gasteiger partial charge in [0.05, 0.1) is 6.54 Å². The molecule has 1 unspecified atom stereocenters. The summed E-state index contributed by atoms with van der Waals surface area (Å²) >= 11 is 0. The zero-order valence-electron chi connectivity index (χ0n) is 11.4. The summed E-state index contributed by atoms with van der Waals surface area (Å²) in [6.45, 7) is 9.46. The predicted octanol–water partition coefficient (Wildman–Crippen LogP) is 1.09. The third-order valence-corrected chi connectivity index (χ3v) is 3.03. The molecule has 1 amide bonds. The first-order valence-electron chi connectivity index (χ1n) is 6.04. The fourth-order valence-corrected chi connectivity index (χ4v) is 1.50. The van der Waals surface area contributed by atoms with Crippen LogP contribution in [0.2, 0.25) is 0 Å². The maximum atomic E-state index is 11.9. The Balaban J connectivity index is 4.57. The molecule has 1 atom stereocenters. The van der Waals surface area contributed by atoms with Crippen LogP contribution in [0, 0.1) is 0 Å². The molecule has 0 saturated heterocycles. The van der Waals surface area contributed by atoms with Crippen molar-refractivity contribution in [3.63, 3.8) is 0 Å². The Morgan fingerprint density at radius 3 is 2.24 bits per heavy atom. The van der Waals surface area contributed by atoms with Gasteiger partial charge < -0.3 is 15.3 Å². The van der Waals surface area contributed by atoms with Gasteiger partial charge in [0, 0.05) is 12.6 Å². The van der Waals surface area contributed by atoms with Crippen LogP contribution in [0.1, 0.15) is 41.0 Å². The number of nitrogens with zero attached hydrogens (tertiary/aromatic N) is 1. The fraction of sp³-hybridized carbons (Fsp3) is 0.833. The van der Waals surface area contributed by atoms with Crippen LogP contribution in [-0.2, 0) is 9.59 Å². The Kier molecular flexibility index (Phi) is 6.16. The molecule has 5 nitrogen and oxygen atoms in total. The Bertz CT molecular complexity index is 277. The number of carboxylic acids is 1. The molecule has 0 fully saturated rings. The lowest BCUT2D eigenvalue weighted by molar-refractivity contribution is -0.156. The Morgan fingerprint density at radius 1 is 1.35 bits per heavy atom. The van der Waals surface area contributed by atoms with Crippen molar-refractivity contribution in [2.24, 2.45) is 0 Å². The van der Waals surface area contributed by atoms with Gasteiger partial charge in [0.15, 0.2) is 0 Å². The molecule has 100 valence electrons. The SMILES string of the molecule is CCC(C)NCC(=O)N(CC)C(C)(C)C(=O)O. The number of amides is 1. The van der Waals surface area contributed by atoms with Gasteiger partial charge in [-0.15, -0.1) is 0 Å². The zero-order valence-corrected chi connectivity index (χ0v) is 11.4. The average molecular weight is 244 g/mol. The first kappa shape index (κ1) is 15.9. The van der Waals surface area contributed by atoms with Gasteiger partial charge in [0.2, 0.25) is 5.91 Å². The highest BCUT2D eigenvalue weighted by Gasteiger charge is 2.36. The number of carbonyl (C=O) groups excluding carboxylic acids is 1. The molecule has 0 aliphatic heterocycles. The lowest BCUT2D eigenvalue weighted by Crippen LogP contribution is -2.55. The average Bonchev–Trinajstić information content (AvgIpc) is 2.26. The van der Waals surface area contributed by atoms with Gasteiger partial charge in [-0.3, -0.25) is 4.79 Å². The molecule has 0 saturated carbocycles. The van der Waals surface area contributed by atoms with Gasteiger partial charge in [-0.25, -0.2) is 4.79 Å². The summed E-state index contributed by atoms with van der Waals surface area (Å²) in [5.74, 6) is -1.17. The van der Waals surface area contributed by atoms with Crippen LogP contribution in [0.15, 0.2) is 0 Å². The van der Waals surface area contributed by atoms with Gasteiger partial charge in [-0.05, 0) is 34.1 Å². The molecule has 0 heterocycles. The molecule has 5 heteroatoms. The van der Waals surface area contributed by atoms with Crippen molar-refractivity contribution in [2.45, 2.75) is 52.6 Å². The summed E-state index contributed by atoms with van der Waals surface area (Å²) < 4.78 is 0. The predicted molar refractivity (Wildman–Crippen MR) is 66.9 cm³/mol. The molecule has 0 aliphatic carbocycles. The van der Waals surface area contributed by atoms with Crippen molar-refractivity contribution in [3.8, 4) is 0 Å². The summed E-state index contributed by atoms with van der Waals surface area (Å²) in [5, 5.41) is 12.2. The van der Waals surface area contributed by atoms with Crippen LogP contribution < -0.4 is 5.32 Å². The molecule has 0 aromatic carbocycles. The van der Waals surface area contributed by atoms with Crippen LogP contribution in [0.4, 0.5) is 0 Å². The summed E-state index contributed by atoms with van der Waals surface area (Å²) in [5.41, 5.74) is -1.16. The minimum Gasteiger partial charge on any atom is -0.480 e. The number of hydrogen-bond acceptors (Lipinski definition) is 3. The smallest absolute Gasteiger partial charge is 0.329 e. The Hall–Kier alpha value is -1.10. The largest absolute Gasteiger partial charge is 0.480 e. The van der Waals surface area contributed by atoms with Crippen LogP contribution in [0.5, 0.6) is 0 Å². The van der Waals surface area contributed by atoms with Gasteiger partial charge >= 0.3 is 5.97 Å². The summed E-state index contributed by atoms with van der Waals surface area (Å²) in [6, 6.07) is 0.255.